The van der Waals surface area contributed by atoms with Gasteiger partial charge in [0.2, 0.25) is 0 Å². The van der Waals surface area contributed by atoms with E-state index >= 15 is 0 Å². The Morgan fingerprint density at radius 1 is 1.43 bits per heavy atom. The first kappa shape index (κ1) is 9.46. The molecule has 0 amide bonds. The van der Waals surface area contributed by atoms with Gasteiger partial charge >= 0.3 is 0 Å². The first-order valence-electron chi connectivity index (χ1n) is 4.93. The van der Waals surface area contributed by atoms with Crippen LogP contribution in [0.1, 0.15) is 18.4 Å². The van der Waals surface area contributed by atoms with E-state index in [1.165, 1.54) is 5.56 Å². The summed E-state index contributed by atoms with van der Waals surface area (Å²) in [5, 5.41) is 9.25. The summed E-state index contributed by atoms with van der Waals surface area (Å²) in [4.78, 5) is 6.32. The minimum Gasteiger partial charge on any atom is -0.395 e. The molecule has 0 unspecified atom stereocenters. The molecular formula is C11H16N2O. The summed E-state index contributed by atoms with van der Waals surface area (Å²) in [6, 6.07) is 4.08. The van der Waals surface area contributed by atoms with Gasteiger partial charge in [0.15, 0.2) is 0 Å². The molecule has 0 spiro atoms. The Kier molecular flexibility index (Phi) is 2.19. The molecule has 1 heterocycles. The lowest BCUT2D eigenvalue weighted by Crippen LogP contribution is -2.14. The van der Waals surface area contributed by atoms with Gasteiger partial charge in [0.1, 0.15) is 5.82 Å². The van der Waals surface area contributed by atoms with Crippen molar-refractivity contribution in [2.75, 3.05) is 25.6 Å². The average Bonchev–Trinajstić information content (AvgIpc) is 2.99. The smallest absolute Gasteiger partial charge is 0.127 e. The topological polar surface area (TPSA) is 36.4 Å². The summed E-state index contributed by atoms with van der Waals surface area (Å²) in [5.74, 6) is 0.961. The third kappa shape index (κ3) is 1.48. The molecule has 0 bridgehead atoms. The molecule has 1 aliphatic carbocycles. The van der Waals surface area contributed by atoms with Crippen LogP contribution < -0.4 is 4.90 Å². The molecular weight excluding hydrogens is 176 g/mol. The van der Waals surface area contributed by atoms with Crippen LogP contribution in [-0.4, -0.2) is 30.8 Å². The maximum absolute atomic E-state index is 9.25. The van der Waals surface area contributed by atoms with Crippen molar-refractivity contribution in [1.29, 1.82) is 0 Å². The first-order chi connectivity index (χ1) is 6.68. The van der Waals surface area contributed by atoms with Gasteiger partial charge in [0, 0.05) is 25.7 Å². The largest absolute Gasteiger partial charge is 0.395 e. The first-order valence-corrected chi connectivity index (χ1v) is 4.93. The van der Waals surface area contributed by atoms with Crippen LogP contribution in [0.4, 0.5) is 5.82 Å². The number of nitrogens with zero attached hydrogens (tertiary/aromatic N) is 2. The third-order valence-electron chi connectivity index (χ3n) is 2.97. The normalized spacial score (nSPS) is 17.9. The fourth-order valence-electron chi connectivity index (χ4n) is 1.65. The van der Waals surface area contributed by atoms with Crippen molar-refractivity contribution in [2.24, 2.45) is 0 Å². The lowest BCUT2D eigenvalue weighted by Gasteiger charge is -2.14. The van der Waals surface area contributed by atoms with Crippen LogP contribution in [0.25, 0.3) is 0 Å². The molecule has 1 N–H and O–H groups in total. The molecule has 0 aromatic carbocycles. The number of anilines is 1. The zero-order valence-electron chi connectivity index (χ0n) is 8.70. The SMILES string of the molecule is CN(C)c1ccc(C2(CO)CC2)cn1. The van der Waals surface area contributed by atoms with E-state index in [-0.39, 0.29) is 12.0 Å². The predicted molar refractivity (Wildman–Crippen MR) is 56.6 cm³/mol. The molecule has 2 rings (SSSR count). The van der Waals surface area contributed by atoms with Crippen LogP contribution in [0.5, 0.6) is 0 Å². The summed E-state index contributed by atoms with van der Waals surface area (Å²) in [6.07, 6.45) is 4.07. The summed E-state index contributed by atoms with van der Waals surface area (Å²) < 4.78 is 0. The highest BCUT2D eigenvalue weighted by Gasteiger charge is 2.43. The summed E-state index contributed by atoms with van der Waals surface area (Å²) >= 11 is 0. The summed E-state index contributed by atoms with van der Waals surface area (Å²) in [6.45, 7) is 0.246. The minimum atomic E-state index is 0.0395. The van der Waals surface area contributed by atoms with Gasteiger partial charge in [0.05, 0.1) is 6.61 Å². The molecule has 14 heavy (non-hydrogen) atoms. The third-order valence-corrected chi connectivity index (χ3v) is 2.97. The molecule has 3 heteroatoms. The summed E-state index contributed by atoms with van der Waals surface area (Å²) in [5.41, 5.74) is 1.21. The van der Waals surface area contributed by atoms with Crippen LogP contribution in [-0.2, 0) is 5.41 Å². The van der Waals surface area contributed by atoms with E-state index in [0.29, 0.717) is 0 Å². The van der Waals surface area contributed by atoms with Crippen LogP contribution in [0.2, 0.25) is 0 Å². The van der Waals surface area contributed by atoms with Crippen molar-refractivity contribution in [3.05, 3.63) is 23.9 Å². The number of hydrogen-bond acceptors (Lipinski definition) is 3. The van der Waals surface area contributed by atoms with Gasteiger partial charge in [-0.15, -0.1) is 0 Å². The lowest BCUT2D eigenvalue weighted by molar-refractivity contribution is 0.255. The number of aromatic nitrogens is 1. The van der Waals surface area contributed by atoms with E-state index in [2.05, 4.69) is 11.1 Å². The second-order valence-electron chi connectivity index (χ2n) is 4.24. The second-order valence-corrected chi connectivity index (χ2v) is 4.24. The maximum atomic E-state index is 9.25. The Morgan fingerprint density at radius 3 is 2.50 bits per heavy atom. The molecule has 0 aliphatic heterocycles. The highest BCUT2D eigenvalue weighted by atomic mass is 16.3. The zero-order valence-corrected chi connectivity index (χ0v) is 8.70. The predicted octanol–water partition coefficient (Wildman–Crippen LogP) is 1.17. The molecule has 0 radical (unpaired) electrons. The quantitative estimate of drug-likeness (QED) is 0.781. The molecule has 1 fully saturated rings. The Bertz CT molecular complexity index is 315. The van der Waals surface area contributed by atoms with Crippen LogP contribution in [0.15, 0.2) is 18.3 Å². The van der Waals surface area contributed by atoms with Gasteiger partial charge in [-0.3, -0.25) is 0 Å². The fourth-order valence-corrected chi connectivity index (χ4v) is 1.65. The fraction of sp³-hybridized carbons (Fsp3) is 0.545. The van der Waals surface area contributed by atoms with Crippen molar-refractivity contribution in [3.8, 4) is 0 Å². The van der Waals surface area contributed by atoms with E-state index in [0.717, 1.165) is 18.7 Å². The highest BCUT2D eigenvalue weighted by molar-refractivity contribution is 5.40. The monoisotopic (exact) mass is 192 g/mol. The van der Waals surface area contributed by atoms with Crippen molar-refractivity contribution in [2.45, 2.75) is 18.3 Å². The van der Waals surface area contributed by atoms with Crippen LogP contribution in [0, 0.1) is 0 Å². The molecule has 0 saturated heterocycles. The highest BCUT2D eigenvalue weighted by Crippen LogP contribution is 2.47. The standard InChI is InChI=1S/C11H16N2O/c1-13(2)10-4-3-9(7-12-10)11(8-14)5-6-11/h3-4,7,14H,5-6,8H2,1-2H3. The number of aliphatic hydroxyl groups excluding tert-OH is 1. The molecule has 1 saturated carbocycles. The number of hydrogen-bond donors (Lipinski definition) is 1. The van der Waals surface area contributed by atoms with Crippen molar-refractivity contribution in [3.63, 3.8) is 0 Å². The Balaban J connectivity index is 2.22. The van der Waals surface area contributed by atoms with Gasteiger partial charge in [-0.25, -0.2) is 4.98 Å². The Hall–Kier alpha value is -1.09. The molecule has 3 nitrogen and oxygen atoms in total. The second kappa shape index (κ2) is 3.24. The van der Waals surface area contributed by atoms with E-state index < -0.39 is 0 Å². The van der Waals surface area contributed by atoms with Gasteiger partial charge in [0.25, 0.3) is 0 Å². The van der Waals surface area contributed by atoms with E-state index in [1.54, 1.807) is 0 Å². The average molecular weight is 192 g/mol. The Morgan fingerprint density at radius 2 is 2.14 bits per heavy atom. The van der Waals surface area contributed by atoms with Crippen molar-refractivity contribution < 1.29 is 5.11 Å². The number of pyridine rings is 1. The van der Waals surface area contributed by atoms with E-state index in [1.807, 2.05) is 31.3 Å². The van der Waals surface area contributed by atoms with Crippen molar-refractivity contribution in [1.82, 2.24) is 4.98 Å². The Labute approximate surface area is 84.4 Å². The van der Waals surface area contributed by atoms with Crippen molar-refractivity contribution >= 4 is 5.82 Å². The van der Waals surface area contributed by atoms with Gasteiger partial charge in [-0.2, -0.15) is 0 Å². The number of rotatable bonds is 3. The summed E-state index contributed by atoms with van der Waals surface area (Å²) in [7, 11) is 3.95. The zero-order chi connectivity index (χ0) is 10.2. The molecule has 1 aromatic heterocycles. The van der Waals surface area contributed by atoms with Gasteiger partial charge < -0.3 is 10.0 Å². The maximum Gasteiger partial charge on any atom is 0.127 e. The van der Waals surface area contributed by atoms with Gasteiger partial charge in [-0.1, -0.05) is 6.07 Å². The van der Waals surface area contributed by atoms with Gasteiger partial charge in [-0.05, 0) is 24.5 Å². The van der Waals surface area contributed by atoms with Crippen LogP contribution >= 0.6 is 0 Å². The van der Waals surface area contributed by atoms with Crippen LogP contribution in [0.3, 0.4) is 0 Å². The molecule has 0 atom stereocenters. The molecule has 1 aromatic rings. The number of aliphatic hydroxyl groups is 1. The van der Waals surface area contributed by atoms with E-state index in [9.17, 15) is 5.11 Å². The lowest BCUT2D eigenvalue weighted by atomic mass is 9.99. The molecule has 76 valence electrons. The molecule has 1 aliphatic rings. The minimum absolute atomic E-state index is 0.0395. The van der Waals surface area contributed by atoms with E-state index in [4.69, 9.17) is 0 Å².